The van der Waals surface area contributed by atoms with E-state index in [-0.39, 0.29) is 71.1 Å². The summed E-state index contributed by atoms with van der Waals surface area (Å²) in [5.74, 6) is -8.75. The van der Waals surface area contributed by atoms with Gasteiger partial charge in [0.15, 0.2) is 24.3 Å². The molecule has 1 aliphatic heterocycles. The zero-order chi connectivity index (χ0) is 85.1. The minimum absolute atomic E-state index is 0.00215. The van der Waals surface area contributed by atoms with Crippen molar-refractivity contribution < 1.29 is 101 Å². The molecule has 118 heavy (non-hydrogen) atoms. The molecule has 4 aromatic rings. The average Bonchev–Trinajstić information content (AvgIpc) is 1.61. The molecule has 0 spiro atoms. The highest BCUT2D eigenvalue weighted by Crippen LogP contribution is 2.44. The summed E-state index contributed by atoms with van der Waals surface area (Å²) < 4.78 is 47.4. The summed E-state index contributed by atoms with van der Waals surface area (Å²) in [5.41, 5.74) is 4.22. The molecule has 0 aromatic heterocycles. The second-order valence-electron chi connectivity index (χ2n) is 32.7. The second kappa shape index (κ2) is 48.3. The van der Waals surface area contributed by atoms with Gasteiger partial charge < -0.3 is 84.9 Å². The summed E-state index contributed by atoms with van der Waals surface area (Å²) in [5, 5.41) is 38.4. The first-order valence-electron chi connectivity index (χ1n) is 42.3. The van der Waals surface area contributed by atoms with E-state index in [0.29, 0.717) is 55.6 Å². The number of nitrogens with one attached hydrogen (secondary N) is 6. The number of ether oxygens (including phenoxy) is 8. The standard InChI is InChI=1S/C90H125N7O21/c1-9-53-111-84(105)75(78(112-55-61-36-21-16-22-37-61)86(107)115-63-40-26-18-27-41-63)95-80(101)71(49-34-51-91-88(109)114-57-70-68-47-32-30-45-66(68)67-46-31-33-48-69(67)70)93-82(103)77-72(99)50-52-97(77)83(104)59(4)92-81(102)74(60(5)98)94-73(100)54-65(44-25-15-13-11-10-12-14-20-35-58(2)3)117-85(106)76(96-89(110)118-90(6,7)8)79(113-56-62-38-23-17-24-39-62)87(108)116-64-42-28-19-29-43-64/h9,16-17,21-24,30-33,36-39,45-48,58-60,63-65,70-72,74-79,98-99H,1,10-15,18-20,25-29,34-35,40-44,49-57H2,2-8H3,(H,91,109)(H,92,102)(H,93,103)(H,94,100)(H,95,101)(H,96,110)/t59-,60-,65-,71+,72+,74-,75-,76+,77+,78-,79+/m1/s1. The monoisotopic (exact) mass is 1640 g/mol. The van der Waals surface area contributed by atoms with E-state index >= 15 is 4.79 Å². The molecule has 4 aromatic carbocycles. The lowest BCUT2D eigenvalue weighted by atomic mass is 9.97. The second-order valence-corrected chi connectivity index (χ2v) is 32.7. The highest BCUT2D eigenvalue weighted by atomic mass is 16.6. The Morgan fingerprint density at radius 1 is 0.542 bits per heavy atom. The van der Waals surface area contributed by atoms with E-state index in [2.05, 4.69) is 52.3 Å². The molecule has 3 fully saturated rings. The lowest BCUT2D eigenvalue weighted by molar-refractivity contribution is -0.175. The van der Waals surface area contributed by atoms with E-state index in [1.54, 1.807) is 81.4 Å². The van der Waals surface area contributed by atoms with Crippen LogP contribution in [0.1, 0.15) is 231 Å². The Hall–Kier alpha value is -9.77. The number of unbranched alkanes of at least 4 members (excludes halogenated alkanes) is 7. The lowest BCUT2D eigenvalue weighted by Gasteiger charge is -2.31. The number of likely N-dealkylation sites (tertiary alicyclic amines) is 1. The Kier molecular flexibility index (Phi) is 38.4. The summed E-state index contributed by atoms with van der Waals surface area (Å²) >= 11 is 0. The van der Waals surface area contributed by atoms with Gasteiger partial charge in [-0.1, -0.05) is 200 Å². The maximum Gasteiger partial charge on any atom is 0.408 e. The number of nitrogens with zero attached hydrogens (tertiary/aromatic N) is 1. The van der Waals surface area contributed by atoms with Crippen molar-refractivity contribution in [2.24, 2.45) is 5.92 Å². The number of esters is 4. The number of amides is 7. The number of alkyl carbamates (subject to hydrolysis) is 2. The van der Waals surface area contributed by atoms with Crippen molar-refractivity contribution in [3.8, 4) is 11.1 Å². The number of benzene rings is 4. The summed E-state index contributed by atoms with van der Waals surface area (Å²) in [6, 6.07) is 22.8. The van der Waals surface area contributed by atoms with E-state index in [0.717, 1.165) is 111 Å². The number of aliphatic hydroxyl groups excluding tert-OH is 2. The first kappa shape index (κ1) is 93.7. The van der Waals surface area contributed by atoms with Gasteiger partial charge in [-0.25, -0.2) is 28.8 Å². The van der Waals surface area contributed by atoms with E-state index in [1.807, 2.05) is 48.5 Å². The van der Waals surface area contributed by atoms with Crippen LogP contribution in [0.25, 0.3) is 11.1 Å². The number of aliphatic hydroxyl groups is 2. The normalized spacial score (nSPS) is 17.9. The largest absolute Gasteiger partial charge is 0.460 e. The Bertz CT molecular complexity index is 3850. The quantitative estimate of drug-likeness (QED) is 0.00881. The van der Waals surface area contributed by atoms with Crippen LogP contribution in [0, 0.1) is 5.92 Å². The van der Waals surface area contributed by atoms with Crippen LogP contribution in [-0.2, 0) is 94.3 Å². The SMILES string of the molecule is C=CCOC(=O)[C@H](NC(=O)[C@H](CCCNC(=O)OCC1c2ccccc2-c2ccccc21)NC(=O)[C@@H]1[C@@H](O)CCN1C(=O)[C@@H](C)NC(=O)[C@H](NC(=O)C[C@@H](CCCCCCCCCCC(C)C)OC(=O)[C@@H](NC(=O)OC(C)(C)C)[C@H](OCc1ccccc1)C(=O)OC1CCCCC1)[C@@H](C)O)[C@@H](OCc1ccccc1)C(=O)OC1CCCCC1. The van der Waals surface area contributed by atoms with Crippen LogP contribution in [-0.4, -0.2) is 192 Å². The van der Waals surface area contributed by atoms with Crippen LogP contribution < -0.4 is 31.9 Å². The molecule has 646 valence electrons. The first-order chi connectivity index (χ1) is 56.7. The number of carbonyl (C=O) groups excluding carboxylic acids is 11. The average molecular weight is 1640 g/mol. The van der Waals surface area contributed by atoms with Gasteiger partial charge in [-0.05, 0) is 157 Å². The predicted molar refractivity (Wildman–Crippen MR) is 439 cm³/mol. The van der Waals surface area contributed by atoms with Crippen molar-refractivity contribution in [2.75, 3.05) is 26.3 Å². The summed E-state index contributed by atoms with van der Waals surface area (Å²) in [6.45, 7) is 14.3. The zero-order valence-electron chi connectivity index (χ0n) is 69.6. The molecule has 0 unspecified atom stereocenters. The molecule has 3 aliphatic carbocycles. The summed E-state index contributed by atoms with van der Waals surface area (Å²) in [7, 11) is 0. The zero-order valence-corrected chi connectivity index (χ0v) is 69.6. The maximum atomic E-state index is 15.1. The van der Waals surface area contributed by atoms with Gasteiger partial charge >= 0.3 is 36.1 Å². The fraction of sp³-hybridized carbons (Fsp3) is 0.589. The van der Waals surface area contributed by atoms with Gasteiger partial charge in [0.1, 0.15) is 61.3 Å². The Balaban J connectivity index is 0.985. The molecule has 8 rings (SSSR count). The van der Waals surface area contributed by atoms with Crippen LogP contribution in [0.15, 0.2) is 122 Å². The number of hydrogen-bond donors (Lipinski definition) is 8. The van der Waals surface area contributed by atoms with E-state index in [9.17, 15) is 58.2 Å². The molecule has 28 heteroatoms. The minimum atomic E-state index is -1.90. The van der Waals surface area contributed by atoms with Gasteiger partial charge in [0.05, 0.1) is 31.8 Å². The highest BCUT2D eigenvalue weighted by Gasteiger charge is 2.47. The fourth-order valence-electron chi connectivity index (χ4n) is 15.3. The lowest BCUT2D eigenvalue weighted by Crippen LogP contribution is -2.61. The van der Waals surface area contributed by atoms with Crippen LogP contribution in [0.5, 0.6) is 0 Å². The van der Waals surface area contributed by atoms with Gasteiger partial charge in [0.2, 0.25) is 29.5 Å². The van der Waals surface area contributed by atoms with E-state index < -0.39 is 157 Å². The van der Waals surface area contributed by atoms with Crippen molar-refractivity contribution in [3.63, 3.8) is 0 Å². The van der Waals surface area contributed by atoms with Crippen LogP contribution in [0.4, 0.5) is 9.59 Å². The molecule has 0 bridgehead atoms. The maximum absolute atomic E-state index is 15.1. The third-order valence-electron chi connectivity index (χ3n) is 21.5. The van der Waals surface area contributed by atoms with Crippen molar-refractivity contribution in [1.29, 1.82) is 0 Å². The van der Waals surface area contributed by atoms with Gasteiger partial charge in [-0.3, -0.25) is 24.0 Å². The van der Waals surface area contributed by atoms with E-state index in [1.165, 1.54) is 19.9 Å². The molecule has 1 saturated heterocycles. The van der Waals surface area contributed by atoms with E-state index in [4.69, 9.17) is 37.9 Å². The molecule has 7 amide bonds. The van der Waals surface area contributed by atoms with Crippen molar-refractivity contribution in [3.05, 3.63) is 144 Å². The van der Waals surface area contributed by atoms with Crippen LogP contribution in [0.2, 0.25) is 0 Å². The molecule has 1 heterocycles. The highest BCUT2D eigenvalue weighted by molar-refractivity contribution is 5.98. The smallest absolute Gasteiger partial charge is 0.408 e. The molecular weight excluding hydrogens is 1520 g/mol. The molecule has 2 saturated carbocycles. The molecule has 8 N–H and O–H groups in total. The Labute approximate surface area is 693 Å². The third-order valence-corrected chi connectivity index (χ3v) is 21.5. The van der Waals surface area contributed by atoms with Gasteiger partial charge in [-0.2, -0.15) is 0 Å². The first-order valence-corrected chi connectivity index (χ1v) is 42.3. The van der Waals surface area contributed by atoms with Crippen molar-refractivity contribution in [2.45, 2.75) is 306 Å². The third kappa shape index (κ3) is 30.2. The van der Waals surface area contributed by atoms with Crippen molar-refractivity contribution in [1.82, 2.24) is 36.8 Å². The van der Waals surface area contributed by atoms with Gasteiger partial charge in [0, 0.05) is 19.0 Å². The van der Waals surface area contributed by atoms with Gasteiger partial charge in [-0.15, -0.1) is 0 Å². The number of fused-ring (bicyclic) bond motifs is 3. The summed E-state index contributed by atoms with van der Waals surface area (Å²) in [4.78, 5) is 160. The fourth-order valence-corrected chi connectivity index (χ4v) is 15.3. The molecular formula is C90H125N7O21. The number of carbonyl (C=O) groups is 11. The van der Waals surface area contributed by atoms with Gasteiger partial charge in [0.25, 0.3) is 0 Å². The number of hydrogen-bond acceptors (Lipinski definition) is 21. The Morgan fingerprint density at radius 2 is 1.06 bits per heavy atom. The molecule has 11 atom stereocenters. The summed E-state index contributed by atoms with van der Waals surface area (Å²) in [6.07, 6.45) is 5.18. The van der Waals surface area contributed by atoms with Crippen molar-refractivity contribution >= 4 is 65.6 Å². The topological polar surface area (TPSA) is 377 Å². The van der Waals surface area contributed by atoms with Crippen LogP contribution >= 0.6 is 0 Å². The number of rotatable bonds is 46. The minimum Gasteiger partial charge on any atom is -0.460 e. The van der Waals surface area contributed by atoms with Crippen LogP contribution in [0.3, 0.4) is 0 Å². The Morgan fingerprint density at radius 3 is 1.58 bits per heavy atom. The predicted octanol–water partition coefficient (Wildman–Crippen LogP) is 11.0. The molecule has 28 nitrogen and oxygen atoms in total. The molecule has 0 radical (unpaired) electrons. The molecule has 4 aliphatic rings.